The Morgan fingerprint density at radius 2 is 1.60 bits per heavy atom. The first-order valence-electron chi connectivity index (χ1n) is 4.58. The van der Waals surface area contributed by atoms with Crippen molar-refractivity contribution in [3.63, 3.8) is 0 Å². The second-order valence-electron chi connectivity index (χ2n) is 4.32. The molecule has 0 saturated carbocycles. The van der Waals surface area contributed by atoms with E-state index in [-0.39, 0.29) is 12.4 Å². The third kappa shape index (κ3) is 4.73. The predicted molar refractivity (Wildman–Crippen MR) is 63.8 cm³/mol. The molecular weight excluding hydrogens is 236 g/mol. The fraction of sp³-hybridized carbons (Fsp3) is 0.400. The summed E-state index contributed by atoms with van der Waals surface area (Å²) in [6, 6.07) is 4.37. The largest absolute Gasteiger partial charge is 0.333 e. The fourth-order valence-corrected chi connectivity index (χ4v) is 2.79. The van der Waals surface area contributed by atoms with Crippen molar-refractivity contribution in [1.82, 2.24) is 0 Å². The van der Waals surface area contributed by atoms with Crippen molar-refractivity contribution in [2.75, 3.05) is 6.17 Å². The van der Waals surface area contributed by atoms with Crippen molar-refractivity contribution in [3.05, 3.63) is 35.4 Å². The molecule has 0 saturated heterocycles. The van der Waals surface area contributed by atoms with Crippen LogP contribution in [0, 0.1) is 11.6 Å². The van der Waals surface area contributed by atoms with E-state index < -0.39 is 19.7 Å². The summed E-state index contributed by atoms with van der Waals surface area (Å²) < 4.78 is 25.7. The number of hydrogen-bond acceptors (Lipinski definition) is 1. The molecule has 0 heterocycles. The zero-order valence-electron chi connectivity index (χ0n) is 8.89. The van der Waals surface area contributed by atoms with Crippen molar-refractivity contribution in [2.24, 2.45) is 5.73 Å². The van der Waals surface area contributed by atoms with E-state index in [0.29, 0.717) is 11.7 Å². The van der Waals surface area contributed by atoms with Gasteiger partial charge in [-0.25, -0.2) is 8.78 Å². The standard InChI is InChI=1S/C10H15F2NSi.ClH/c1-14(2,7-13)6-8-3-9(11)5-10(12)4-8;/h3-5H,6-7,13H2,1-2H3;1H. The zero-order chi connectivity index (χ0) is 10.8. The molecular formula is C10H16ClF2NSi. The van der Waals surface area contributed by atoms with E-state index in [0.717, 1.165) is 12.1 Å². The highest BCUT2D eigenvalue weighted by atomic mass is 35.5. The summed E-state index contributed by atoms with van der Waals surface area (Å²) in [5.41, 5.74) is 6.32. The van der Waals surface area contributed by atoms with Crippen LogP contribution in [0.25, 0.3) is 0 Å². The molecule has 5 heteroatoms. The number of nitrogens with two attached hydrogens (primary N) is 1. The van der Waals surface area contributed by atoms with Gasteiger partial charge in [0.2, 0.25) is 0 Å². The minimum Gasteiger partial charge on any atom is -0.333 e. The van der Waals surface area contributed by atoms with Crippen LogP contribution >= 0.6 is 12.4 Å². The lowest BCUT2D eigenvalue weighted by Crippen LogP contribution is -2.39. The Kier molecular flexibility index (Phi) is 5.41. The summed E-state index contributed by atoms with van der Waals surface area (Å²) in [5.74, 6) is -1.02. The molecule has 0 fully saturated rings. The quantitative estimate of drug-likeness (QED) is 0.822. The first-order valence-corrected chi connectivity index (χ1v) is 7.99. The molecule has 0 spiro atoms. The van der Waals surface area contributed by atoms with Gasteiger partial charge in [-0.15, -0.1) is 12.4 Å². The lowest BCUT2D eigenvalue weighted by molar-refractivity contribution is 0.581. The first kappa shape index (κ1) is 14.5. The molecule has 1 aromatic carbocycles. The van der Waals surface area contributed by atoms with Gasteiger partial charge in [0, 0.05) is 6.07 Å². The average Bonchev–Trinajstić information content (AvgIpc) is 2.01. The maximum atomic E-state index is 12.9. The SMILES string of the molecule is C[Si](C)(CN)Cc1cc(F)cc(F)c1.Cl. The van der Waals surface area contributed by atoms with Crippen LogP contribution in [0.5, 0.6) is 0 Å². The molecule has 0 aliphatic rings. The predicted octanol–water partition coefficient (Wildman–Crippen LogP) is 2.67. The molecule has 1 aromatic rings. The minimum absolute atomic E-state index is 0. The van der Waals surface area contributed by atoms with Gasteiger partial charge in [-0.3, -0.25) is 0 Å². The second-order valence-corrected chi connectivity index (χ2v) is 9.41. The molecule has 0 radical (unpaired) electrons. The molecule has 0 unspecified atom stereocenters. The molecule has 86 valence electrons. The topological polar surface area (TPSA) is 26.0 Å². The summed E-state index contributed by atoms with van der Waals surface area (Å²) in [7, 11) is -1.52. The molecule has 0 atom stereocenters. The minimum atomic E-state index is -1.52. The fourth-order valence-electron chi connectivity index (χ4n) is 1.34. The normalized spacial score (nSPS) is 11.0. The van der Waals surface area contributed by atoms with Crippen molar-refractivity contribution in [1.29, 1.82) is 0 Å². The zero-order valence-corrected chi connectivity index (χ0v) is 10.7. The van der Waals surface area contributed by atoms with Gasteiger partial charge < -0.3 is 5.73 Å². The van der Waals surface area contributed by atoms with Crippen molar-refractivity contribution in [2.45, 2.75) is 19.1 Å². The molecule has 15 heavy (non-hydrogen) atoms. The van der Waals surface area contributed by atoms with E-state index >= 15 is 0 Å². The maximum absolute atomic E-state index is 12.9. The van der Waals surface area contributed by atoms with Crippen LogP contribution in [-0.4, -0.2) is 14.2 Å². The molecule has 0 amide bonds. The molecule has 0 aliphatic heterocycles. The third-order valence-electron chi connectivity index (χ3n) is 2.16. The Balaban J connectivity index is 0.00000196. The maximum Gasteiger partial charge on any atom is 0.126 e. The van der Waals surface area contributed by atoms with Crippen LogP contribution in [0.4, 0.5) is 8.78 Å². The second kappa shape index (κ2) is 5.58. The van der Waals surface area contributed by atoms with E-state index in [2.05, 4.69) is 13.1 Å². The third-order valence-corrected chi connectivity index (χ3v) is 4.63. The van der Waals surface area contributed by atoms with Gasteiger partial charge in [-0.05, 0) is 29.9 Å². The van der Waals surface area contributed by atoms with E-state index in [1.807, 2.05) is 0 Å². The summed E-state index contributed by atoms with van der Waals surface area (Å²) in [6.45, 7) is 4.21. The van der Waals surface area contributed by atoms with E-state index in [4.69, 9.17) is 5.73 Å². The van der Waals surface area contributed by atoms with Gasteiger partial charge in [0.15, 0.2) is 0 Å². The van der Waals surface area contributed by atoms with E-state index in [1.165, 1.54) is 12.1 Å². The van der Waals surface area contributed by atoms with Gasteiger partial charge in [-0.1, -0.05) is 13.1 Å². The van der Waals surface area contributed by atoms with Crippen molar-refractivity contribution < 1.29 is 8.78 Å². The van der Waals surface area contributed by atoms with Gasteiger partial charge in [0.05, 0.1) is 8.07 Å². The number of rotatable bonds is 3. The molecule has 2 N–H and O–H groups in total. The number of halogens is 3. The lowest BCUT2D eigenvalue weighted by Gasteiger charge is -2.19. The van der Waals surface area contributed by atoms with Crippen molar-refractivity contribution >= 4 is 20.5 Å². The Morgan fingerprint density at radius 3 is 2.00 bits per heavy atom. The van der Waals surface area contributed by atoms with Gasteiger partial charge >= 0.3 is 0 Å². The summed E-state index contributed by atoms with van der Waals surface area (Å²) in [6.07, 6.45) is 0.630. The van der Waals surface area contributed by atoms with Crippen molar-refractivity contribution in [3.8, 4) is 0 Å². The number of benzene rings is 1. The smallest absolute Gasteiger partial charge is 0.126 e. The molecule has 1 rings (SSSR count). The Labute approximate surface area is 96.1 Å². The Hall–Kier alpha value is -0.453. The molecule has 1 nitrogen and oxygen atoms in total. The van der Waals surface area contributed by atoms with Gasteiger partial charge in [0.25, 0.3) is 0 Å². The summed E-state index contributed by atoms with van der Waals surface area (Å²) in [5, 5.41) is 0. The van der Waals surface area contributed by atoms with Crippen LogP contribution in [0.1, 0.15) is 5.56 Å². The Morgan fingerprint density at radius 1 is 1.13 bits per heavy atom. The van der Waals surface area contributed by atoms with Gasteiger partial charge in [-0.2, -0.15) is 0 Å². The lowest BCUT2D eigenvalue weighted by atomic mass is 10.2. The van der Waals surface area contributed by atoms with Crippen LogP contribution in [-0.2, 0) is 6.04 Å². The first-order chi connectivity index (χ1) is 6.43. The van der Waals surface area contributed by atoms with Gasteiger partial charge in [0.1, 0.15) is 11.6 Å². The number of hydrogen-bond donors (Lipinski definition) is 1. The summed E-state index contributed by atoms with van der Waals surface area (Å²) in [4.78, 5) is 0. The van der Waals surface area contributed by atoms with Crippen LogP contribution in [0.15, 0.2) is 18.2 Å². The summed E-state index contributed by atoms with van der Waals surface area (Å²) >= 11 is 0. The van der Waals surface area contributed by atoms with Crippen LogP contribution < -0.4 is 5.73 Å². The highest BCUT2D eigenvalue weighted by Crippen LogP contribution is 2.14. The van der Waals surface area contributed by atoms with Crippen LogP contribution in [0.3, 0.4) is 0 Å². The highest BCUT2D eigenvalue weighted by molar-refractivity contribution is 6.77. The van der Waals surface area contributed by atoms with E-state index in [9.17, 15) is 8.78 Å². The molecule has 0 aromatic heterocycles. The monoisotopic (exact) mass is 251 g/mol. The average molecular weight is 252 g/mol. The molecule has 0 bridgehead atoms. The molecule has 0 aliphatic carbocycles. The highest BCUT2D eigenvalue weighted by Gasteiger charge is 2.19. The Bertz CT molecular complexity index is 311. The van der Waals surface area contributed by atoms with Crippen LogP contribution in [0.2, 0.25) is 13.1 Å². The van der Waals surface area contributed by atoms with E-state index in [1.54, 1.807) is 0 Å².